The molecule has 0 spiro atoms. The molecule has 1 heterocycles. The lowest BCUT2D eigenvalue weighted by Gasteiger charge is -2.35. The molecule has 6 nitrogen and oxygen atoms in total. The summed E-state index contributed by atoms with van der Waals surface area (Å²) in [6, 6.07) is 6.98. The minimum Gasteiger partial charge on any atom is -0.463 e. The number of carbonyl (C=O) groups is 2. The number of hydrogen-bond donors (Lipinski definition) is 2. The molecule has 1 amide bonds. The van der Waals surface area contributed by atoms with E-state index >= 15 is 0 Å². The van der Waals surface area contributed by atoms with Gasteiger partial charge in [0.25, 0.3) is 0 Å². The van der Waals surface area contributed by atoms with Crippen LogP contribution in [0.1, 0.15) is 46.2 Å². The minimum atomic E-state index is -0.475. The van der Waals surface area contributed by atoms with Crippen LogP contribution in [0.5, 0.6) is 0 Å². The summed E-state index contributed by atoms with van der Waals surface area (Å²) in [5, 5.41) is 6.63. The van der Waals surface area contributed by atoms with Gasteiger partial charge in [-0.25, -0.2) is 4.79 Å². The van der Waals surface area contributed by atoms with E-state index in [-0.39, 0.29) is 11.9 Å². The van der Waals surface area contributed by atoms with E-state index in [4.69, 9.17) is 17.0 Å². The van der Waals surface area contributed by atoms with Gasteiger partial charge in [-0.3, -0.25) is 4.79 Å². The molecule has 1 atom stereocenters. The number of amides is 1. The van der Waals surface area contributed by atoms with E-state index in [9.17, 15) is 9.59 Å². The summed E-state index contributed by atoms with van der Waals surface area (Å²) >= 11 is 5.38. The number of anilines is 1. The largest absolute Gasteiger partial charge is 0.463 e. The van der Waals surface area contributed by atoms with Crippen LogP contribution in [0.25, 0.3) is 0 Å². The second kappa shape index (κ2) is 8.08. The highest BCUT2D eigenvalue weighted by atomic mass is 32.1. The molecule has 0 saturated carbocycles. The lowest BCUT2D eigenvalue weighted by atomic mass is 9.94. The number of nitrogens with one attached hydrogen (secondary N) is 2. The molecular formula is C20H27N3O3S. The molecule has 2 N–H and O–H groups in total. The van der Waals surface area contributed by atoms with Crippen LogP contribution in [0.2, 0.25) is 0 Å². The molecule has 0 bridgehead atoms. The summed E-state index contributed by atoms with van der Waals surface area (Å²) in [6.45, 7) is 9.51. The zero-order valence-electron chi connectivity index (χ0n) is 16.7. The van der Waals surface area contributed by atoms with Gasteiger partial charge in [-0.15, -0.1) is 0 Å². The maximum atomic E-state index is 12.5. The van der Waals surface area contributed by atoms with E-state index in [0.29, 0.717) is 23.0 Å². The first kappa shape index (κ1) is 20.9. The van der Waals surface area contributed by atoms with Gasteiger partial charge in [0.15, 0.2) is 5.11 Å². The van der Waals surface area contributed by atoms with Gasteiger partial charge in [-0.1, -0.05) is 32.9 Å². The van der Waals surface area contributed by atoms with Crippen LogP contribution in [0, 0.1) is 5.41 Å². The van der Waals surface area contributed by atoms with E-state index in [2.05, 4.69) is 10.6 Å². The number of rotatable bonds is 4. The Kier molecular flexibility index (Phi) is 6.26. The number of esters is 1. The number of carbonyl (C=O) groups excluding carboxylic acids is 2. The predicted molar refractivity (Wildman–Crippen MR) is 110 cm³/mol. The molecule has 7 heteroatoms. The molecule has 1 aliphatic heterocycles. The molecule has 1 unspecified atom stereocenters. The first-order chi connectivity index (χ1) is 12.6. The van der Waals surface area contributed by atoms with Gasteiger partial charge in [-0.2, -0.15) is 0 Å². The lowest BCUT2D eigenvalue weighted by Crippen LogP contribution is -2.46. The third kappa shape index (κ3) is 4.66. The first-order valence-corrected chi connectivity index (χ1v) is 9.30. The van der Waals surface area contributed by atoms with E-state index < -0.39 is 11.5 Å². The molecule has 1 aromatic carbocycles. The molecule has 0 radical (unpaired) electrons. The first-order valence-electron chi connectivity index (χ1n) is 8.89. The summed E-state index contributed by atoms with van der Waals surface area (Å²) in [5.41, 5.74) is 2.37. The van der Waals surface area contributed by atoms with Crippen molar-refractivity contribution < 1.29 is 14.3 Å². The molecule has 27 heavy (non-hydrogen) atoms. The van der Waals surface area contributed by atoms with Crippen molar-refractivity contribution in [3.05, 3.63) is 41.1 Å². The molecule has 1 aliphatic rings. The number of ether oxygens (including phenoxy) is 1. The van der Waals surface area contributed by atoms with Gasteiger partial charge in [0.1, 0.15) is 0 Å². The van der Waals surface area contributed by atoms with Gasteiger partial charge in [-0.05, 0) is 43.8 Å². The van der Waals surface area contributed by atoms with Crippen molar-refractivity contribution in [3.63, 3.8) is 0 Å². The number of nitrogens with zero attached hydrogens (tertiary/aromatic N) is 1. The summed E-state index contributed by atoms with van der Waals surface area (Å²) < 4.78 is 5.24. The topological polar surface area (TPSA) is 70.7 Å². The Morgan fingerprint density at radius 2 is 1.85 bits per heavy atom. The standard InChI is InChI=1S/C20H27N3O3S/c1-7-26-17(24)15-12(2)23(6)19(27)22-16(15)13-8-10-14(11-9-13)21-18(25)20(3,4)5/h8-11,16H,7H2,1-6H3,(H,21,25)(H,22,27). The third-order valence-corrected chi connectivity index (χ3v) is 4.82. The Morgan fingerprint density at radius 3 is 2.37 bits per heavy atom. The highest BCUT2D eigenvalue weighted by molar-refractivity contribution is 7.80. The van der Waals surface area contributed by atoms with Crippen molar-refractivity contribution in [2.45, 2.75) is 40.7 Å². The summed E-state index contributed by atoms with van der Waals surface area (Å²) in [4.78, 5) is 26.4. The number of benzene rings is 1. The van der Waals surface area contributed by atoms with Gasteiger partial charge in [0.05, 0.1) is 18.2 Å². The van der Waals surface area contributed by atoms with E-state index in [1.165, 1.54) is 0 Å². The van der Waals surface area contributed by atoms with Crippen molar-refractivity contribution in [1.82, 2.24) is 10.2 Å². The van der Waals surface area contributed by atoms with Crippen molar-refractivity contribution in [3.8, 4) is 0 Å². The summed E-state index contributed by atoms with van der Waals surface area (Å²) in [5.74, 6) is -0.427. The van der Waals surface area contributed by atoms with Crippen LogP contribution in [-0.2, 0) is 14.3 Å². The quantitative estimate of drug-likeness (QED) is 0.608. The van der Waals surface area contributed by atoms with Crippen LogP contribution in [0.4, 0.5) is 5.69 Å². The SMILES string of the molecule is CCOC(=O)C1=C(C)N(C)C(=S)NC1c1ccc(NC(=O)C(C)(C)C)cc1. The Morgan fingerprint density at radius 1 is 1.26 bits per heavy atom. The minimum absolute atomic E-state index is 0.0585. The van der Waals surface area contributed by atoms with Gasteiger partial charge < -0.3 is 20.3 Å². The second-order valence-corrected chi connectivity index (χ2v) is 7.87. The van der Waals surface area contributed by atoms with E-state index in [1.54, 1.807) is 11.8 Å². The third-order valence-electron chi connectivity index (χ3n) is 4.43. The van der Waals surface area contributed by atoms with Crippen LogP contribution in [-0.4, -0.2) is 35.5 Å². The predicted octanol–water partition coefficient (Wildman–Crippen LogP) is 3.37. The monoisotopic (exact) mass is 389 g/mol. The zero-order valence-corrected chi connectivity index (χ0v) is 17.5. The summed E-state index contributed by atoms with van der Waals surface area (Å²) in [7, 11) is 1.81. The second-order valence-electron chi connectivity index (χ2n) is 7.49. The number of hydrogen-bond acceptors (Lipinski definition) is 4. The molecule has 146 valence electrons. The van der Waals surface area contributed by atoms with Crippen LogP contribution in [0.3, 0.4) is 0 Å². The Labute approximate surface area is 166 Å². The molecule has 0 aliphatic carbocycles. The van der Waals surface area contributed by atoms with Crippen LogP contribution in [0.15, 0.2) is 35.5 Å². The van der Waals surface area contributed by atoms with Gasteiger partial charge >= 0.3 is 5.97 Å². The highest BCUT2D eigenvalue weighted by Gasteiger charge is 2.33. The zero-order chi connectivity index (χ0) is 20.4. The molecule has 1 aromatic rings. The fourth-order valence-corrected chi connectivity index (χ4v) is 2.89. The molecule has 0 saturated heterocycles. The molecular weight excluding hydrogens is 362 g/mol. The molecule has 0 fully saturated rings. The van der Waals surface area contributed by atoms with Gasteiger partial charge in [0, 0.05) is 23.8 Å². The lowest BCUT2D eigenvalue weighted by molar-refractivity contribution is -0.139. The molecule has 0 aromatic heterocycles. The maximum Gasteiger partial charge on any atom is 0.338 e. The highest BCUT2D eigenvalue weighted by Crippen LogP contribution is 2.31. The molecule has 2 rings (SSSR count). The van der Waals surface area contributed by atoms with Crippen molar-refractivity contribution in [2.24, 2.45) is 5.41 Å². The maximum absolute atomic E-state index is 12.5. The van der Waals surface area contributed by atoms with Crippen molar-refractivity contribution >= 4 is 34.9 Å². The van der Waals surface area contributed by atoms with Crippen molar-refractivity contribution in [1.29, 1.82) is 0 Å². The normalized spacial score (nSPS) is 17.5. The Bertz CT molecular complexity index is 779. The number of thiocarbonyl (C=S) groups is 1. The average molecular weight is 390 g/mol. The Balaban J connectivity index is 2.33. The fourth-order valence-electron chi connectivity index (χ4n) is 2.64. The fraction of sp³-hybridized carbons (Fsp3) is 0.450. The smallest absolute Gasteiger partial charge is 0.338 e. The van der Waals surface area contributed by atoms with Crippen molar-refractivity contribution in [2.75, 3.05) is 19.0 Å². The van der Waals surface area contributed by atoms with E-state index in [1.807, 2.05) is 59.0 Å². The number of allylic oxidation sites excluding steroid dienone is 1. The van der Waals surface area contributed by atoms with Gasteiger partial charge in [0.2, 0.25) is 5.91 Å². The Hall–Kier alpha value is -2.41. The van der Waals surface area contributed by atoms with Crippen LogP contribution < -0.4 is 10.6 Å². The van der Waals surface area contributed by atoms with E-state index in [0.717, 1.165) is 11.3 Å². The average Bonchev–Trinajstić information content (AvgIpc) is 2.59. The summed E-state index contributed by atoms with van der Waals surface area (Å²) in [6.07, 6.45) is 0. The van der Waals surface area contributed by atoms with Crippen LogP contribution >= 0.6 is 12.2 Å².